The predicted octanol–water partition coefficient (Wildman–Crippen LogP) is 3.30. The van der Waals surface area contributed by atoms with E-state index in [0.29, 0.717) is 30.3 Å². The highest BCUT2D eigenvalue weighted by Gasteiger charge is 2.31. The lowest BCUT2D eigenvalue weighted by atomic mass is 10.0. The first kappa shape index (κ1) is 18.1. The summed E-state index contributed by atoms with van der Waals surface area (Å²) in [5, 5.41) is 7.62. The number of aromatic nitrogens is 2. The predicted molar refractivity (Wildman–Crippen MR) is 84.2 cm³/mol. The van der Waals surface area contributed by atoms with Crippen molar-refractivity contribution in [2.45, 2.75) is 72.4 Å². The average molecular weight is 297 g/mol. The van der Waals surface area contributed by atoms with Gasteiger partial charge in [0.15, 0.2) is 0 Å². The van der Waals surface area contributed by atoms with Crippen molar-refractivity contribution in [2.24, 2.45) is 5.92 Å². The zero-order valence-electron chi connectivity index (χ0n) is 14.4. The van der Waals surface area contributed by atoms with Crippen LogP contribution in [0, 0.1) is 5.92 Å². The molecule has 1 N–H and O–H groups in total. The van der Waals surface area contributed by atoms with Crippen molar-refractivity contribution < 1.29 is 9.26 Å². The molecule has 1 rings (SSSR count). The van der Waals surface area contributed by atoms with Crippen LogP contribution in [0.1, 0.15) is 66.1 Å². The Morgan fingerprint density at radius 3 is 2.52 bits per heavy atom. The van der Waals surface area contributed by atoms with Gasteiger partial charge in [0.05, 0.1) is 0 Å². The van der Waals surface area contributed by atoms with Crippen molar-refractivity contribution in [3.63, 3.8) is 0 Å². The molecule has 0 bridgehead atoms. The molecule has 0 aliphatic rings. The van der Waals surface area contributed by atoms with E-state index in [-0.39, 0.29) is 0 Å². The number of hydrogen-bond acceptors (Lipinski definition) is 5. The molecule has 0 fully saturated rings. The molecule has 5 heteroatoms. The minimum absolute atomic E-state index is 0.378. The van der Waals surface area contributed by atoms with Gasteiger partial charge in [-0.3, -0.25) is 0 Å². The van der Waals surface area contributed by atoms with Crippen LogP contribution in [0.5, 0.6) is 0 Å². The highest BCUT2D eigenvalue weighted by Crippen LogP contribution is 2.26. The Morgan fingerprint density at radius 2 is 2.00 bits per heavy atom. The van der Waals surface area contributed by atoms with Crippen molar-refractivity contribution in [3.8, 4) is 0 Å². The Kier molecular flexibility index (Phi) is 7.32. The van der Waals surface area contributed by atoms with E-state index in [1.165, 1.54) is 0 Å². The summed E-state index contributed by atoms with van der Waals surface area (Å²) in [6, 6.07) is 0.378. The van der Waals surface area contributed by atoms with Crippen LogP contribution in [0.2, 0.25) is 0 Å². The maximum absolute atomic E-state index is 5.79. The van der Waals surface area contributed by atoms with Gasteiger partial charge in [-0.2, -0.15) is 4.98 Å². The number of nitrogens with zero attached hydrogens (tertiary/aromatic N) is 2. The average Bonchev–Trinajstić information content (AvgIpc) is 2.87. The largest absolute Gasteiger partial charge is 0.367 e. The fourth-order valence-corrected chi connectivity index (χ4v) is 2.50. The summed E-state index contributed by atoms with van der Waals surface area (Å²) < 4.78 is 11.2. The van der Waals surface area contributed by atoms with Crippen molar-refractivity contribution in [2.75, 3.05) is 13.2 Å². The van der Waals surface area contributed by atoms with Crippen LogP contribution in [0.3, 0.4) is 0 Å². The van der Waals surface area contributed by atoms with Crippen LogP contribution in [0.25, 0.3) is 0 Å². The topological polar surface area (TPSA) is 60.2 Å². The Morgan fingerprint density at radius 1 is 1.29 bits per heavy atom. The van der Waals surface area contributed by atoms with Crippen LogP contribution >= 0.6 is 0 Å². The van der Waals surface area contributed by atoms with Gasteiger partial charge in [-0.05, 0) is 39.2 Å². The Bertz CT molecular complexity index is 406. The van der Waals surface area contributed by atoms with Gasteiger partial charge >= 0.3 is 0 Å². The normalized spacial score (nSPS) is 16.1. The summed E-state index contributed by atoms with van der Waals surface area (Å²) in [6.45, 7) is 14.2. The summed E-state index contributed by atoms with van der Waals surface area (Å²) in [5.74, 6) is 1.98. The van der Waals surface area contributed by atoms with Crippen molar-refractivity contribution in [1.29, 1.82) is 0 Å². The third-order valence-electron chi connectivity index (χ3n) is 3.75. The lowest BCUT2D eigenvalue weighted by Gasteiger charge is -2.23. The minimum Gasteiger partial charge on any atom is -0.367 e. The number of rotatable bonds is 10. The maximum atomic E-state index is 5.79. The lowest BCUT2D eigenvalue weighted by molar-refractivity contribution is -0.0403. The van der Waals surface area contributed by atoms with Gasteiger partial charge in [0.25, 0.3) is 0 Å². The molecule has 0 aliphatic heterocycles. The molecule has 0 amide bonds. The second kappa shape index (κ2) is 8.49. The zero-order valence-corrected chi connectivity index (χ0v) is 14.4. The quantitative estimate of drug-likeness (QED) is 0.718. The van der Waals surface area contributed by atoms with Crippen LogP contribution in [-0.4, -0.2) is 29.3 Å². The molecule has 0 saturated heterocycles. The summed E-state index contributed by atoms with van der Waals surface area (Å²) in [6.07, 6.45) is 2.69. The molecule has 1 heterocycles. The van der Waals surface area contributed by atoms with Crippen molar-refractivity contribution >= 4 is 0 Å². The Balaban J connectivity index is 2.77. The molecule has 0 radical (unpaired) electrons. The molecule has 2 unspecified atom stereocenters. The molecule has 122 valence electrons. The van der Waals surface area contributed by atoms with E-state index in [4.69, 9.17) is 9.26 Å². The third-order valence-corrected chi connectivity index (χ3v) is 3.75. The molecular weight excluding hydrogens is 266 g/mol. The number of ether oxygens (including phenoxy) is 1. The Hall–Kier alpha value is -0.940. The highest BCUT2D eigenvalue weighted by atomic mass is 16.5. The highest BCUT2D eigenvalue weighted by molar-refractivity contribution is 5.00. The number of nitrogens with one attached hydrogen (secondary N) is 1. The molecule has 0 spiro atoms. The Labute approximate surface area is 128 Å². The van der Waals surface area contributed by atoms with E-state index in [0.717, 1.165) is 25.8 Å². The lowest BCUT2D eigenvalue weighted by Crippen LogP contribution is -2.32. The van der Waals surface area contributed by atoms with E-state index in [2.05, 4.69) is 43.2 Å². The molecule has 0 aliphatic carbocycles. The fraction of sp³-hybridized carbons (Fsp3) is 0.875. The molecule has 1 aromatic heterocycles. The number of likely N-dealkylation sites (N-methyl/N-ethyl adjacent to an activating group) is 1. The van der Waals surface area contributed by atoms with Gasteiger partial charge in [0, 0.05) is 19.1 Å². The summed E-state index contributed by atoms with van der Waals surface area (Å²) >= 11 is 0. The summed E-state index contributed by atoms with van der Waals surface area (Å²) in [4.78, 5) is 4.56. The van der Waals surface area contributed by atoms with Gasteiger partial charge in [-0.25, -0.2) is 0 Å². The molecule has 0 saturated carbocycles. The van der Waals surface area contributed by atoms with E-state index >= 15 is 0 Å². The summed E-state index contributed by atoms with van der Waals surface area (Å²) in [5.41, 5.74) is -0.456. The van der Waals surface area contributed by atoms with Crippen molar-refractivity contribution in [1.82, 2.24) is 15.5 Å². The van der Waals surface area contributed by atoms with Crippen LogP contribution in [0.15, 0.2) is 4.52 Å². The maximum Gasteiger partial charge on any atom is 0.228 e. The smallest absolute Gasteiger partial charge is 0.228 e. The monoisotopic (exact) mass is 297 g/mol. The fourth-order valence-electron chi connectivity index (χ4n) is 2.50. The third kappa shape index (κ3) is 5.40. The molecular formula is C16H31N3O2. The summed E-state index contributed by atoms with van der Waals surface area (Å²) in [7, 11) is 0. The molecule has 1 aromatic rings. The molecule has 2 atom stereocenters. The van der Waals surface area contributed by atoms with E-state index in [9.17, 15) is 0 Å². The standard InChI is InChI=1S/C16H31N3O2/c1-7-16(6,20-9-3)15-18-14(21-19-15)11-13(17-8-2)10-12(4)5/h12-13,17H,7-11H2,1-6H3. The van der Waals surface area contributed by atoms with Gasteiger partial charge in [-0.1, -0.05) is 32.9 Å². The van der Waals surface area contributed by atoms with Gasteiger partial charge in [0.2, 0.25) is 11.7 Å². The van der Waals surface area contributed by atoms with Gasteiger partial charge < -0.3 is 14.6 Å². The van der Waals surface area contributed by atoms with E-state index in [1.54, 1.807) is 0 Å². The second-order valence-electron chi connectivity index (χ2n) is 6.12. The van der Waals surface area contributed by atoms with Crippen LogP contribution in [0.4, 0.5) is 0 Å². The molecule has 0 aromatic carbocycles. The van der Waals surface area contributed by atoms with Gasteiger partial charge in [-0.15, -0.1) is 0 Å². The first-order valence-electron chi connectivity index (χ1n) is 8.15. The van der Waals surface area contributed by atoms with E-state index < -0.39 is 5.60 Å². The SMILES string of the molecule is CCNC(Cc1nc(C(C)(CC)OCC)no1)CC(C)C. The van der Waals surface area contributed by atoms with Crippen LogP contribution in [-0.2, 0) is 16.8 Å². The molecule has 21 heavy (non-hydrogen) atoms. The van der Waals surface area contributed by atoms with Crippen LogP contribution < -0.4 is 5.32 Å². The zero-order chi connectivity index (χ0) is 15.9. The molecule has 5 nitrogen and oxygen atoms in total. The first-order chi connectivity index (χ1) is 9.95. The minimum atomic E-state index is -0.456. The van der Waals surface area contributed by atoms with Crippen molar-refractivity contribution in [3.05, 3.63) is 11.7 Å². The van der Waals surface area contributed by atoms with Gasteiger partial charge in [0.1, 0.15) is 5.60 Å². The second-order valence-corrected chi connectivity index (χ2v) is 6.12. The first-order valence-corrected chi connectivity index (χ1v) is 8.15. The van der Waals surface area contributed by atoms with E-state index in [1.807, 2.05) is 13.8 Å². The number of hydrogen-bond donors (Lipinski definition) is 1.